The molecule has 1 heterocycles. The van der Waals surface area contributed by atoms with Gasteiger partial charge in [-0.05, 0) is 18.2 Å². The van der Waals surface area contributed by atoms with E-state index in [-0.39, 0.29) is 16.5 Å². The molecule has 1 aromatic carbocycles. The summed E-state index contributed by atoms with van der Waals surface area (Å²) < 4.78 is 26.9. The van der Waals surface area contributed by atoms with E-state index in [2.05, 4.69) is 16.6 Å². The van der Waals surface area contributed by atoms with Crippen LogP contribution >= 0.6 is 22.9 Å². The molecule has 0 aliphatic heterocycles. The highest BCUT2D eigenvalue weighted by Gasteiger charge is 2.17. The summed E-state index contributed by atoms with van der Waals surface area (Å²) in [6.45, 7) is 0.493. The van der Waals surface area contributed by atoms with E-state index in [1.165, 1.54) is 17.4 Å². The van der Waals surface area contributed by atoms with E-state index in [1.807, 2.05) is 11.4 Å². The Hall–Kier alpha value is -1.36. The molecule has 4 nitrogen and oxygen atoms in total. The maximum absolute atomic E-state index is 12.2. The van der Waals surface area contributed by atoms with Gasteiger partial charge in [0.05, 0.1) is 11.6 Å². The molecule has 3 N–H and O–H groups in total. The number of nitrogens with two attached hydrogens (primary N) is 1. The van der Waals surface area contributed by atoms with Gasteiger partial charge in [0, 0.05) is 22.4 Å². The quantitative estimate of drug-likeness (QED) is 0.838. The van der Waals surface area contributed by atoms with Gasteiger partial charge in [0.1, 0.15) is 4.90 Å². The average Bonchev–Trinajstić information content (AvgIpc) is 2.91. The SMILES string of the molecule is NCC#Cc1csc(CNS(=O)(=O)c2ccccc2Cl)c1. The van der Waals surface area contributed by atoms with Crippen LogP contribution in [-0.2, 0) is 16.6 Å². The van der Waals surface area contributed by atoms with Crippen LogP contribution in [0.15, 0.2) is 40.6 Å². The van der Waals surface area contributed by atoms with E-state index < -0.39 is 10.0 Å². The Morgan fingerprint density at radius 2 is 2.10 bits per heavy atom. The number of halogens is 1. The third-order valence-corrected chi connectivity index (χ3v) is 5.39. The monoisotopic (exact) mass is 340 g/mol. The summed E-state index contributed by atoms with van der Waals surface area (Å²) in [5.41, 5.74) is 6.13. The van der Waals surface area contributed by atoms with Crippen LogP contribution in [0.25, 0.3) is 0 Å². The third-order valence-electron chi connectivity index (χ3n) is 2.55. The highest BCUT2D eigenvalue weighted by molar-refractivity contribution is 7.89. The maximum atomic E-state index is 12.2. The van der Waals surface area contributed by atoms with Crippen LogP contribution in [0.2, 0.25) is 5.02 Å². The largest absolute Gasteiger partial charge is 0.320 e. The lowest BCUT2D eigenvalue weighted by atomic mass is 10.3. The summed E-state index contributed by atoms with van der Waals surface area (Å²) in [6, 6.07) is 8.16. The fourth-order valence-electron chi connectivity index (χ4n) is 1.60. The summed E-state index contributed by atoms with van der Waals surface area (Å²) >= 11 is 7.34. The van der Waals surface area contributed by atoms with E-state index in [1.54, 1.807) is 18.2 Å². The van der Waals surface area contributed by atoms with Gasteiger partial charge in [-0.2, -0.15) is 0 Å². The van der Waals surface area contributed by atoms with Gasteiger partial charge in [-0.25, -0.2) is 13.1 Å². The van der Waals surface area contributed by atoms with Crippen molar-refractivity contribution in [1.29, 1.82) is 0 Å². The first kappa shape index (κ1) is 16.0. The van der Waals surface area contributed by atoms with Crippen molar-refractivity contribution >= 4 is 33.0 Å². The normalized spacial score (nSPS) is 11.0. The van der Waals surface area contributed by atoms with Crippen LogP contribution in [0.3, 0.4) is 0 Å². The number of sulfonamides is 1. The highest BCUT2D eigenvalue weighted by Crippen LogP contribution is 2.21. The van der Waals surface area contributed by atoms with Crippen LogP contribution in [0, 0.1) is 11.8 Å². The maximum Gasteiger partial charge on any atom is 0.242 e. The van der Waals surface area contributed by atoms with Crippen LogP contribution in [0.5, 0.6) is 0 Å². The molecule has 0 fully saturated rings. The topological polar surface area (TPSA) is 72.2 Å². The van der Waals surface area contributed by atoms with Crippen LogP contribution in [0.1, 0.15) is 10.4 Å². The molecule has 0 spiro atoms. The van der Waals surface area contributed by atoms with Crippen molar-refractivity contribution < 1.29 is 8.42 Å². The fourth-order valence-corrected chi connectivity index (χ4v) is 3.97. The first-order valence-corrected chi connectivity index (χ1v) is 8.77. The van der Waals surface area contributed by atoms with Gasteiger partial charge in [0.2, 0.25) is 10.0 Å². The Kier molecular flexibility index (Phi) is 5.39. The highest BCUT2D eigenvalue weighted by atomic mass is 35.5. The molecule has 0 saturated heterocycles. The molecular weight excluding hydrogens is 328 g/mol. The first-order valence-electron chi connectivity index (χ1n) is 6.03. The molecule has 21 heavy (non-hydrogen) atoms. The third kappa shape index (κ3) is 4.30. The Morgan fingerprint density at radius 1 is 1.33 bits per heavy atom. The molecule has 1 aromatic heterocycles. The number of rotatable bonds is 4. The second-order valence-electron chi connectivity index (χ2n) is 4.06. The number of thiophene rings is 1. The predicted molar refractivity (Wildman–Crippen MR) is 85.7 cm³/mol. The van der Waals surface area contributed by atoms with Crippen molar-refractivity contribution in [1.82, 2.24) is 4.72 Å². The molecule has 0 atom stereocenters. The molecule has 7 heteroatoms. The van der Waals surface area contributed by atoms with Crippen molar-refractivity contribution in [2.75, 3.05) is 6.54 Å². The lowest BCUT2D eigenvalue weighted by Gasteiger charge is -2.06. The zero-order chi connectivity index (χ0) is 15.3. The molecule has 2 aromatic rings. The molecule has 0 aliphatic rings. The van der Waals surface area contributed by atoms with E-state index in [0.717, 1.165) is 10.4 Å². The van der Waals surface area contributed by atoms with E-state index in [0.29, 0.717) is 6.54 Å². The second-order valence-corrected chi connectivity index (χ2v) is 7.20. The first-order chi connectivity index (χ1) is 10.0. The second kappa shape index (κ2) is 7.07. The number of hydrogen-bond acceptors (Lipinski definition) is 4. The fraction of sp³-hybridized carbons (Fsp3) is 0.143. The van der Waals surface area contributed by atoms with Gasteiger partial charge in [-0.3, -0.25) is 0 Å². The summed E-state index contributed by atoms with van der Waals surface area (Å²) in [5.74, 6) is 5.65. The van der Waals surface area contributed by atoms with Crippen molar-refractivity contribution in [2.24, 2.45) is 5.73 Å². The van der Waals surface area contributed by atoms with Gasteiger partial charge in [0.15, 0.2) is 0 Å². The zero-order valence-electron chi connectivity index (χ0n) is 11.0. The standard InChI is InChI=1S/C14H13ClN2O2S2/c15-13-5-1-2-6-14(13)21(18,19)17-9-12-8-11(10-20-12)4-3-7-16/h1-2,5-6,8,10,17H,7,9,16H2. The van der Waals surface area contributed by atoms with E-state index in [9.17, 15) is 8.42 Å². The summed E-state index contributed by atoms with van der Waals surface area (Å²) in [4.78, 5) is 0.943. The lowest BCUT2D eigenvalue weighted by molar-refractivity contribution is 0.582. The Bertz CT molecular complexity index is 789. The minimum absolute atomic E-state index is 0.0753. The smallest absolute Gasteiger partial charge is 0.242 e. The lowest BCUT2D eigenvalue weighted by Crippen LogP contribution is -2.23. The molecule has 0 amide bonds. The summed E-state index contributed by atoms with van der Waals surface area (Å²) in [7, 11) is -3.63. The van der Waals surface area contributed by atoms with Gasteiger partial charge in [-0.15, -0.1) is 11.3 Å². The van der Waals surface area contributed by atoms with E-state index >= 15 is 0 Å². The molecule has 2 rings (SSSR count). The number of nitrogens with one attached hydrogen (secondary N) is 1. The van der Waals surface area contributed by atoms with Crippen LogP contribution in [-0.4, -0.2) is 15.0 Å². The molecule has 110 valence electrons. The average molecular weight is 341 g/mol. The molecule has 0 bridgehead atoms. The molecule has 0 aliphatic carbocycles. The Morgan fingerprint density at radius 3 is 2.81 bits per heavy atom. The molecule has 0 radical (unpaired) electrons. The van der Waals surface area contributed by atoms with Gasteiger partial charge < -0.3 is 5.73 Å². The number of hydrogen-bond donors (Lipinski definition) is 2. The van der Waals surface area contributed by atoms with Gasteiger partial charge in [-0.1, -0.05) is 35.6 Å². The minimum Gasteiger partial charge on any atom is -0.320 e. The minimum atomic E-state index is -3.63. The summed E-state index contributed by atoms with van der Waals surface area (Å²) in [6.07, 6.45) is 0. The van der Waals surface area contributed by atoms with Crippen molar-refractivity contribution in [3.63, 3.8) is 0 Å². The van der Waals surface area contributed by atoms with Crippen LogP contribution < -0.4 is 10.5 Å². The number of benzene rings is 1. The van der Waals surface area contributed by atoms with Crippen molar-refractivity contribution in [3.05, 3.63) is 51.2 Å². The predicted octanol–water partition coefficient (Wildman–Crippen LogP) is 2.19. The molecule has 0 unspecified atom stereocenters. The molecular formula is C14H13ClN2O2S2. The van der Waals surface area contributed by atoms with Gasteiger partial charge >= 0.3 is 0 Å². The zero-order valence-corrected chi connectivity index (χ0v) is 13.4. The summed E-state index contributed by atoms with van der Waals surface area (Å²) in [5, 5.41) is 2.06. The van der Waals surface area contributed by atoms with E-state index in [4.69, 9.17) is 17.3 Å². The van der Waals surface area contributed by atoms with Gasteiger partial charge in [0.25, 0.3) is 0 Å². The Labute approximate surface area is 133 Å². The van der Waals surface area contributed by atoms with Crippen molar-refractivity contribution in [3.8, 4) is 11.8 Å². The van der Waals surface area contributed by atoms with Crippen LogP contribution in [0.4, 0.5) is 0 Å². The van der Waals surface area contributed by atoms with Crippen molar-refractivity contribution in [2.45, 2.75) is 11.4 Å². The molecule has 0 saturated carbocycles. The Balaban J connectivity index is 2.09.